The van der Waals surface area contributed by atoms with Crippen LogP contribution in [0, 0.1) is 0 Å². The molecule has 0 aliphatic rings. The van der Waals surface area contributed by atoms with E-state index in [9.17, 15) is 9.90 Å². The minimum atomic E-state index is -1.05. The highest BCUT2D eigenvalue weighted by Gasteiger charge is 2.22. The summed E-state index contributed by atoms with van der Waals surface area (Å²) in [6.07, 6.45) is 0.260. The van der Waals surface area contributed by atoms with Gasteiger partial charge in [0.2, 0.25) is 0 Å². The Balaban J connectivity index is 0.00000484. The van der Waals surface area contributed by atoms with Gasteiger partial charge in [0.1, 0.15) is 5.60 Å². The number of aliphatic imine (C=N–C) groups is 1. The number of carbonyl (C=O) groups excluding carboxylic acids is 1. The predicted molar refractivity (Wildman–Crippen MR) is 102 cm³/mol. The summed E-state index contributed by atoms with van der Waals surface area (Å²) in [4.78, 5) is 15.5. The zero-order valence-electron chi connectivity index (χ0n) is 13.8. The fourth-order valence-corrected chi connectivity index (χ4v) is 1.85. The number of carbonyl (C=O) groups is 1. The molecule has 130 valence electrons. The summed E-state index contributed by atoms with van der Waals surface area (Å²) in [5.74, 6) is 0.280. The number of nitrogens with zero attached hydrogens (tertiary/aromatic N) is 1. The molecule has 0 bridgehead atoms. The zero-order chi connectivity index (χ0) is 16.4. The second kappa shape index (κ2) is 11.2. The Morgan fingerprint density at radius 1 is 1.30 bits per heavy atom. The Hall–Kier alpha value is -1.35. The molecule has 1 aromatic carbocycles. The minimum Gasteiger partial charge on any atom is -0.469 e. The van der Waals surface area contributed by atoms with Gasteiger partial charge in [-0.3, -0.25) is 4.79 Å². The van der Waals surface area contributed by atoms with Crippen molar-refractivity contribution in [3.63, 3.8) is 0 Å². The first-order valence-corrected chi connectivity index (χ1v) is 7.36. The first-order chi connectivity index (χ1) is 10.5. The Bertz CT molecular complexity index is 493. The highest BCUT2D eigenvalue weighted by molar-refractivity contribution is 14.0. The van der Waals surface area contributed by atoms with Crippen molar-refractivity contribution in [2.24, 2.45) is 4.99 Å². The second-order valence-corrected chi connectivity index (χ2v) is 5.09. The van der Waals surface area contributed by atoms with Crippen molar-refractivity contribution in [1.29, 1.82) is 0 Å². The molecule has 0 saturated heterocycles. The van der Waals surface area contributed by atoms with E-state index in [1.165, 1.54) is 7.11 Å². The molecule has 0 amide bonds. The monoisotopic (exact) mass is 435 g/mol. The van der Waals surface area contributed by atoms with Crippen LogP contribution in [0.25, 0.3) is 0 Å². The molecular weight excluding hydrogens is 409 g/mol. The lowest BCUT2D eigenvalue weighted by Crippen LogP contribution is -2.39. The van der Waals surface area contributed by atoms with Gasteiger partial charge in [0.15, 0.2) is 5.96 Å². The number of benzene rings is 1. The number of rotatable bonds is 7. The number of guanidine groups is 1. The van der Waals surface area contributed by atoms with Crippen molar-refractivity contribution in [3.05, 3.63) is 35.9 Å². The number of nitrogens with one attached hydrogen (secondary N) is 2. The van der Waals surface area contributed by atoms with Crippen LogP contribution in [0.4, 0.5) is 0 Å². The number of ether oxygens (including phenoxy) is 1. The van der Waals surface area contributed by atoms with Gasteiger partial charge < -0.3 is 20.5 Å². The quantitative estimate of drug-likeness (QED) is 0.263. The molecule has 0 heterocycles. The molecule has 3 N–H and O–H groups in total. The zero-order valence-corrected chi connectivity index (χ0v) is 16.2. The van der Waals surface area contributed by atoms with Crippen LogP contribution >= 0.6 is 24.0 Å². The van der Waals surface area contributed by atoms with E-state index < -0.39 is 5.60 Å². The summed E-state index contributed by atoms with van der Waals surface area (Å²) in [5, 5.41) is 16.6. The van der Waals surface area contributed by atoms with E-state index in [1.54, 1.807) is 6.92 Å². The summed E-state index contributed by atoms with van der Waals surface area (Å²) >= 11 is 0. The third kappa shape index (κ3) is 8.17. The second-order valence-electron chi connectivity index (χ2n) is 5.09. The van der Waals surface area contributed by atoms with Gasteiger partial charge in [-0.05, 0) is 19.4 Å². The summed E-state index contributed by atoms with van der Waals surface area (Å²) in [6, 6.07) is 9.40. The van der Waals surface area contributed by atoms with Gasteiger partial charge in [-0.2, -0.15) is 0 Å². The van der Waals surface area contributed by atoms with Gasteiger partial charge in [0, 0.05) is 13.1 Å². The van der Waals surface area contributed by atoms with E-state index in [-0.39, 0.29) is 42.9 Å². The Labute approximate surface area is 154 Å². The lowest BCUT2D eigenvalue weighted by molar-refractivity contribution is -0.140. The molecule has 7 heteroatoms. The molecule has 23 heavy (non-hydrogen) atoms. The highest BCUT2D eigenvalue weighted by atomic mass is 127. The van der Waals surface area contributed by atoms with E-state index in [4.69, 9.17) is 0 Å². The summed E-state index contributed by atoms with van der Waals surface area (Å²) in [7, 11) is 1.36. The average Bonchev–Trinajstić information content (AvgIpc) is 2.53. The van der Waals surface area contributed by atoms with Crippen molar-refractivity contribution in [1.82, 2.24) is 10.6 Å². The largest absolute Gasteiger partial charge is 0.469 e. The highest BCUT2D eigenvalue weighted by Crippen LogP contribution is 2.20. The summed E-state index contributed by atoms with van der Waals surface area (Å²) in [5.41, 5.74) is -0.240. The number of esters is 1. The molecule has 1 atom stereocenters. The molecule has 0 aliphatic heterocycles. The SMILES string of the molecule is CCNC(=NCC(C)(O)c1ccccc1)NCCC(=O)OC.I. The van der Waals surface area contributed by atoms with Gasteiger partial charge in [-0.15, -0.1) is 24.0 Å². The van der Waals surface area contributed by atoms with Crippen molar-refractivity contribution in [2.45, 2.75) is 25.9 Å². The van der Waals surface area contributed by atoms with Crippen molar-refractivity contribution < 1.29 is 14.6 Å². The summed E-state index contributed by atoms with van der Waals surface area (Å²) < 4.78 is 4.58. The number of hydrogen-bond acceptors (Lipinski definition) is 4. The van der Waals surface area contributed by atoms with E-state index in [2.05, 4.69) is 20.4 Å². The Morgan fingerprint density at radius 3 is 2.52 bits per heavy atom. The Morgan fingerprint density at radius 2 is 1.96 bits per heavy atom. The van der Waals surface area contributed by atoms with Crippen LogP contribution in [0.5, 0.6) is 0 Å². The smallest absolute Gasteiger partial charge is 0.307 e. The van der Waals surface area contributed by atoms with Gasteiger partial charge in [-0.25, -0.2) is 4.99 Å². The standard InChI is InChI=1S/C16H25N3O3.HI/c1-4-17-15(18-11-10-14(20)22-3)19-12-16(2,21)13-8-6-5-7-9-13;/h5-9,21H,4,10-12H2,1-3H3,(H2,17,18,19);1H. The maximum atomic E-state index is 11.1. The third-order valence-electron chi connectivity index (χ3n) is 3.13. The predicted octanol–water partition coefficient (Wildman–Crippen LogP) is 1.63. The van der Waals surface area contributed by atoms with E-state index >= 15 is 0 Å². The lowest BCUT2D eigenvalue weighted by Gasteiger charge is -2.22. The first-order valence-electron chi connectivity index (χ1n) is 7.36. The fraction of sp³-hybridized carbons (Fsp3) is 0.500. The van der Waals surface area contributed by atoms with Gasteiger partial charge in [0.05, 0.1) is 20.1 Å². The number of halogens is 1. The maximum Gasteiger partial charge on any atom is 0.307 e. The van der Waals surface area contributed by atoms with Crippen LogP contribution in [0.15, 0.2) is 35.3 Å². The molecule has 6 nitrogen and oxygen atoms in total. The molecule has 0 saturated carbocycles. The molecule has 1 rings (SSSR count). The van der Waals surface area contributed by atoms with Crippen LogP contribution in [0.2, 0.25) is 0 Å². The molecule has 0 spiro atoms. The van der Waals surface area contributed by atoms with Crippen LogP contribution in [-0.2, 0) is 15.1 Å². The third-order valence-corrected chi connectivity index (χ3v) is 3.13. The molecule has 0 fully saturated rings. The normalized spacial score (nSPS) is 13.5. The van der Waals surface area contributed by atoms with Crippen LogP contribution in [-0.4, -0.2) is 43.8 Å². The molecule has 0 aliphatic carbocycles. The van der Waals surface area contributed by atoms with Crippen LogP contribution < -0.4 is 10.6 Å². The molecule has 0 aromatic heterocycles. The number of hydrogen-bond donors (Lipinski definition) is 3. The maximum absolute atomic E-state index is 11.1. The van der Waals surface area contributed by atoms with E-state index in [1.807, 2.05) is 37.3 Å². The van der Waals surface area contributed by atoms with E-state index in [0.717, 1.165) is 5.56 Å². The van der Waals surface area contributed by atoms with Crippen molar-refractivity contribution in [3.8, 4) is 0 Å². The molecule has 1 aromatic rings. The number of methoxy groups -OCH3 is 1. The lowest BCUT2D eigenvalue weighted by atomic mass is 9.96. The first kappa shape index (κ1) is 21.6. The molecular formula is C16H26IN3O3. The minimum absolute atomic E-state index is 0. The average molecular weight is 435 g/mol. The van der Waals surface area contributed by atoms with Crippen LogP contribution in [0.3, 0.4) is 0 Å². The number of aliphatic hydroxyl groups is 1. The van der Waals surface area contributed by atoms with Gasteiger partial charge >= 0.3 is 5.97 Å². The summed E-state index contributed by atoms with van der Waals surface area (Å²) in [6.45, 7) is 5.00. The van der Waals surface area contributed by atoms with Crippen molar-refractivity contribution >= 4 is 35.9 Å². The fourth-order valence-electron chi connectivity index (χ4n) is 1.85. The molecule has 1 unspecified atom stereocenters. The van der Waals surface area contributed by atoms with Gasteiger partial charge in [-0.1, -0.05) is 30.3 Å². The topological polar surface area (TPSA) is 83.0 Å². The van der Waals surface area contributed by atoms with Crippen LogP contribution in [0.1, 0.15) is 25.8 Å². The van der Waals surface area contributed by atoms with E-state index in [0.29, 0.717) is 19.0 Å². The van der Waals surface area contributed by atoms with Crippen molar-refractivity contribution in [2.75, 3.05) is 26.7 Å². The van der Waals surface area contributed by atoms with Gasteiger partial charge in [0.25, 0.3) is 0 Å². The molecule has 0 radical (unpaired) electrons. The Kier molecular flexibility index (Phi) is 10.6.